The molecule has 0 N–H and O–H groups in total. The molecule has 1 saturated carbocycles. The van der Waals surface area contributed by atoms with Gasteiger partial charge >= 0.3 is 12.1 Å². The first-order valence-corrected chi connectivity index (χ1v) is 7.46. The van der Waals surface area contributed by atoms with Gasteiger partial charge in [0.15, 0.2) is 0 Å². The van der Waals surface area contributed by atoms with Crippen molar-refractivity contribution in [1.82, 2.24) is 14.3 Å². The van der Waals surface area contributed by atoms with Crippen LogP contribution in [0.4, 0.5) is 13.2 Å². The van der Waals surface area contributed by atoms with Gasteiger partial charge in [-0.05, 0) is 37.1 Å². The van der Waals surface area contributed by atoms with E-state index in [1.165, 1.54) is 29.6 Å². The van der Waals surface area contributed by atoms with Crippen molar-refractivity contribution in [2.45, 2.75) is 44.5 Å². The Labute approximate surface area is 130 Å². The summed E-state index contributed by atoms with van der Waals surface area (Å²) in [6.45, 7) is 0. The molecule has 0 unspecified atom stereocenters. The van der Waals surface area contributed by atoms with Crippen LogP contribution in [0.1, 0.15) is 38.1 Å². The second-order valence-electron chi connectivity index (χ2n) is 5.57. The van der Waals surface area contributed by atoms with E-state index in [1.54, 1.807) is 4.57 Å². The van der Waals surface area contributed by atoms with Gasteiger partial charge in [-0.25, -0.2) is 4.79 Å². The van der Waals surface area contributed by atoms with Gasteiger partial charge in [0.2, 0.25) is 0 Å². The van der Waals surface area contributed by atoms with Crippen LogP contribution in [0.2, 0.25) is 0 Å². The number of benzene rings is 1. The molecule has 1 fully saturated rings. The van der Waals surface area contributed by atoms with E-state index in [0.29, 0.717) is 5.69 Å². The van der Waals surface area contributed by atoms with Crippen molar-refractivity contribution >= 4 is 0 Å². The predicted molar refractivity (Wildman–Crippen MR) is 76.6 cm³/mol. The normalized spacial score (nSPS) is 16.5. The summed E-state index contributed by atoms with van der Waals surface area (Å²) in [7, 11) is 0. The molecule has 0 spiro atoms. The molecule has 0 atom stereocenters. The number of alkyl halides is 3. The summed E-state index contributed by atoms with van der Waals surface area (Å²) in [5, 5.41) is 4.07. The van der Waals surface area contributed by atoms with E-state index in [2.05, 4.69) is 9.84 Å². The molecule has 1 aliphatic rings. The molecule has 23 heavy (non-hydrogen) atoms. The Kier molecular flexibility index (Phi) is 4.14. The molecule has 2 aromatic rings. The van der Waals surface area contributed by atoms with Crippen molar-refractivity contribution in [3.05, 3.63) is 41.1 Å². The number of nitrogens with zero attached hydrogens (tertiary/aromatic N) is 3. The molecule has 0 bridgehead atoms. The molecule has 0 radical (unpaired) electrons. The van der Waals surface area contributed by atoms with E-state index >= 15 is 0 Å². The standard InChI is InChI=1S/C15H16F3N3O2/c16-15(17,18)23-13-8-6-12(7-9-13)21-14(22)20(10-19-21)11-4-2-1-3-5-11/h6-11H,1-5H2. The quantitative estimate of drug-likeness (QED) is 0.868. The summed E-state index contributed by atoms with van der Waals surface area (Å²) >= 11 is 0. The van der Waals surface area contributed by atoms with E-state index in [-0.39, 0.29) is 17.5 Å². The van der Waals surface area contributed by atoms with Crippen molar-refractivity contribution in [1.29, 1.82) is 0 Å². The molecular weight excluding hydrogens is 311 g/mol. The number of ether oxygens (including phenoxy) is 1. The zero-order chi connectivity index (χ0) is 16.4. The highest BCUT2D eigenvalue weighted by molar-refractivity contribution is 5.36. The molecule has 0 amide bonds. The highest BCUT2D eigenvalue weighted by Crippen LogP contribution is 2.27. The number of aromatic nitrogens is 3. The molecular formula is C15H16F3N3O2. The van der Waals surface area contributed by atoms with Crippen LogP contribution in [0.5, 0.6) is 5.75 Å². The number of rotatable bonds is 3. The Balaban J connectivity index is 1.82. The second-order valence-corrected chi connectivity index (χ2v) is 5.57. The highest BCUT2D eigenvalue weighted by Gasteiger charge is 2.31. The summed E-state index contributed by atoms with van der Waals surface area (Å²) in [4.78, 5) is 12.4. The fraction of sp³-hybridized carbons (Fsp3) is 0.467. The molecule has 1 heterocycles. The van der Waals surface area contributed by atoms with E-state index in [1.807, 2.05) is 0 Å². The first-order valence-electron chi connectivity index (χ1n) is 7.46. The molecule has 0 saturated heterocycles. The minimum absolute atomic E-state index is 0.151. The fourth-order valence-corrected chi connectivity index (χ4v) is 2.89. The average Bonchev–Trinajstić information content (AvgIpc) is 2.89. The number of hydrogen-bond acceptors (Lipinski definition) is 3. The summed E-state index contributed by atoms with van der Waals surface area (Å²) in [5.74, 6) is -0.332. The Hall–Kier alpha value is -2.25. The van der Waals surface area contributed by atoms with Crippen molar-refractivity contribution in [3.63, 3.8) is 0 Å². The maximum atomic E-state index is 12.4. The smallest absolute Gasteiger partial charge is 0.406 e. The van der Waals surface area contributed by atoms with Crippen LogP contribution in [0, 0.1) is 0 Å². The molecule has 8 heteroatoms. The minimum Gasteiger partial charge on any atom is -0.406 e. The van der Waals surface area contributed by atoms with Gasteiger partial charge in [0.1, 0.15) is 12.1 Å². The predicted octanol–water partition coefficient (Wildman–Crippen LogP) is 3.44. The first-order chi connectivity index (χ1) is 10.9. The maximum Gasteiger partial charge on any atom is 0.573 e. The number of hydrogen-bond donors (Lipinski definition) is 0. The minimum atomic E-state index is -4.74. The van der Waals surface area contributed by atoms with Crippen LogP contribution in [-0.4, -0.2) is 20.7 Å². The fourth-order valence-electron chi connectivity index (χ4n) is 2.89. The van der Waals surface area contributed by atoms with Gasteiger partial charge in [-0.1, -0.05) is 19.3 Å². The Morgan fingerprint density at radius 2 is 1.74 bits per heavy atom. The third kappa shape index (κ3) is 3.57. The van der Waals surface area contributed by atoms with Gasteiger partial charge in [0.25, 0.3) is 0 Å². The maximum absolute atomic E-state index is 12.4. The van der Waals surface area contributed by atoms with Crippen molar-refractivity contribution in [2.24, 2.45) is 0 Å². The van der Waals surface area contributed by atoms with E-state index in [9.17, 15) is 18.0 Å². The third-order valence-electron chi connectivity index (χ3n) is 3.98. The molecule has 1 aliphatic carbocycles. The Morgan fingerprint density at radius 3 is 2.35 bits per heavy atom. The lowest BCUT2D eigenvalue weighted by Crippen LogP contribution is -2.28. The topological polar surface area (TPSA) is 49.0 Å². The van der Waals surface area contributed by atoms with Gasteiger partial charge in [0.05, 0.1) is 5.69 Å². The van der Waals surface area contributed by atoms with Crippen molar-refractivity contribution in [2.75, 3.05) is 0 Å². The van der Waals surface area contributed by atoms with Gasteiger partial charge in [-0.15, -0.1) is 13.2 Å². The van der Waals surface area contributed by atoms with E-state index in [0.717, 1.165) is 37.8 Å². The third-order valence-corrected chi connectivity index (χ3v) is 3.98. The van der Waals surface area contributed by atoms with Crippen LogP contribution in [0.25, 0.3) is 5.69 Å². The average molecular weight is 327 g/mol. The summed E-state index contributed by atoms with van der Waals surface area (Å²) in [6, 6.07) is 5.23. The highest BCUT2D eigenvalue weighted by atomic mass is 19.4. The van der Waals surface area contributed by atoms with E-state index < -0.39 is 6.36 Å². The van der Waals surface area contributed by atoms with Crippen LogP contribution < -0.4 is 10.4 Å². The van der Waals surface area contributed by atoms with Crippen molar-refractivity contribution in [3.8, 4) is 11.4 Å². The van der Waals surface area contributed by atoms with Crippen LogP contribution in [0.15, 0.2) is 35.4 Å². The molecule has 124 valence electrons. The van der Waals surface area contributed by atoms with Gasteiger partial charge in [0, 0.05) is 6.04 Å². The lowest BCUT2D eigenvalue weighted by molar-refractivity contribution is -0.274. The van der Waals surface area contributed by atoms with Gasteiger partial charge < -0.3 is 4.74 Å². The molecule has 5 nitrogen and oxygen atoms in total. The van der Waals surface area contributed by atoms with Crippen LogP contribution in [-0.2, 0) is 0 Å². The summed E-state index contributed by atoms with van der Waals surface area (Å²) in [5.41, 5.74) is 0.125. The second kappa shape index (κ2) is 6.10. The molecule has 3 rings (SSSR count). The lowest BCUT2D eigenvalue weighted by atomic mass is 9.95. The lowest BCUT2D eigenvalue weighted by Gasteiger charge is -2.21. The SMILES string of the molecule is O=c1n(C2CCCCC2)cnn1-c1ccc(OC(F)(F)F)cc1. The zero-order valence-electron chi connectivity index (χ0n) is 12.3. The first kappa shape index (κ1) is 15.6. The zero-order valence-corrected chi connectivity index (χ0v) is 12.3. The van der Waals surface area contributed by atoms with Crippen molar-refractivity contribution < 1.29 is 17.9 Å². The Morgan fingerprint density at radius 1 is 1.09 bits per heavy atom. The summed E-state index contributed by atoms with van der Waals surface area (Å²) in [6.07, 6.45) is 2.02. The molecule has 1 aromatic carbocycles. The van der Waals surface area contributed by atoms with E-state index in [4.69, 9.17) is 0 Å². The van der Waals surface area contributed by atoms with Gasteiger partial charge in [-0.2, -0.15) is 9.78 Å². The van der Waals surface area contributed by atoms with Crippen LogP contribution >= 0.6 is 0 Å². The van der Waals surface area contributed by atoms with Crippen LogP contribution in [0.3, 0.4) is 0 Å². The number of halogens is 3. The molecule has 0 aliphatic heterocycles. The summed E-state index contributed by atoms with van der Waals surface area (Å²) < 4.78 is 43.0. The Bertz CT molecular complexity index is 713. The largest absolute Gasteiger partial charge is 0.573 e. The van der Waals surface area contributed by atoms with Gasteiger partial charge in [-0.3, -0.25) is 4.57 Å². The monoisotopic (exact) mass is 327 g/mol. The molecule has 1 aromatic heterocycles.